The summed E-state index contributed by atoms with van der Waals surface area (Å²) in [5, 5.41) is 0.242. The number of halogens is 2. The molecule has 0 fully saturated rings. The summed E-state index contributed by atoms with van der Waals surface area (Å²) in [5.74, 6) is -0.309. The fourth-order valence-corrected chi connectivity index (χ4v) is 1.53. The first-order valence-corrected chi connectivity index (χ1v) is 4.14. The van der Waals surface area contributed by atoms with E-state index in [0.29, 0.717) is 6.29 Å². The van der Waals surface area contributed by atoms with E-state index in [1.165, 1.54) is 13.0 Å². The first kappa shape index (κ1) is 10.2. The van der Waals surface area contributed by atoms with Crippen LogP contribution in [0.3, 0.4) is 0 Å². The van der Waals surface area contributed by atoms with E-state index in [1.54, 1.807) is 0 Å². The molecule has 0 saturated carbocycles. The van der Waals surface area contributed by atoms with Crippen LogP contribution < -0.4 is 0 Å². The van der Waals surface area contributed by atoms with Gasteiger partial charge in [0.15, 0.2) is 12.1 Å². The molecule has 0 aliphatic heterocycles. The highest BCUT2D eigenvalue weighted by Crippen LogP contribution is 2.21. The van der Waals surface area contributed by atoms with Crippen molar-refractivity contribution in [3.8, 4) is 0 Å². The van der Waals surface area contributed by atoms with Gasteiger partial charge in [0.05, 0.1) is 10.6 Å². The molecule has 13 heavy (non-hydrogen) atoms. The van der Waals surface area contributed by atoms with E-state index < -0.39 is 0 Å². The van der Waals surface area contributed by atoms with E-state index >= 15 is 0 Å². The molecule has 68 valence electrons. The van der Waals surface area contributed by atoms with Crippen molar-refractivity contribution in [2.75, 3.05) is 0 Å². The lowest BCUT2D eigenvalue weighted by molar-refractivity contribution is 0.100. The summed E-state index contributed by atoms with van der Waals surface area (Å²) in [6, 6.07) is 1.33. The Kier molecular flexibility index (Phi) is 3.01. The monoisotopic (exact) mass is 217 g/mol. The molecule has 0 bridgehead atoms. The highest BCUT2D eigenvalue weighted by atomic mass is 35.5. The number of aromatic nitrogens is 1. The van der Waals surface area contributed by atoms with E-state index in [9.17, 15) is 9.59 Å². The number of aldehydes is 1. The smallest absolute Gasteiger partial charge is 0.169 e. The third-order valence-electron chi connectivity index (χ3n) is 1.43. The Morgan fingerprint density at radius 1 is 1.54 bits per heavy atom. The van der Waals surface area contributed by atoms with Crippen LogP contribution in [0.15, 0.2) is 6.07 Å². The predicted molar refractivity (Wildman–Crippen MR) is 49.6 cm³/mol. The second-order valence-corrected chi connectivity index (χ2v) is 3.16. The Bertz CT molecular complexity index is 377. The van der Waals surface area contributed by atoms with Crippen LogP contribution >= 0.6 is 23.2 Å². The Hall–Kier alpha value is -0.930. The SMILES string of the molecule is CC(=O)c1c(Cl)cc(Cl)nc1C=O. The molecular weight excluding hydrogens is 213 g/mol. The number of hydrogen-bond donors (Lipinski definition) is 0. The first-order valence-electron chi connectivity index (χ1n) is 3.38. The number of pyridine rings is 1. The number of carbonyl (C=O) groups excluding carboxylic acids is 2. The van der Waals surface area contributed by atoms with Crippen molar-refractivity contribution in [3.63, 3.8) is 0 Å². The summed E-state index contributed by atoms with van der Waals surface area (Å²) in [6.45, 7) is 1.31. The van der Waals surface area contributed by atoms with Gasteiger partial charge in [-0.1, -0.05) is 23.2 Å². The van der Waals surface area contributed by atoms with Gasteiger partial charge >= 0.3 is 0 Å². The van der Waals surface area contributed by atoms with Gasteiger partial charge < -0.3 is 0 Å². The minimum absolute atomic E-state index is 0.0231. The highest BCUT2D eigenvalue weighted by Gasteiger charge is 2.13. The lowest BCUT2D eigenvalue weighted by atomic mass is 10.1. The van der Waals surface area contributed by atoms with Crippen LogP contribution in [-0.4, -0.2) is 17.1 Å². The van der Waals surface area contributed by atoms with Gasteiger partial charge in [-0.15, -0.1) is 0 Å². The zero-order valence-corrected chi connectivity index (χ0v) is 8.19. The van der Waals surface area contributed by atoms with Crippen LogP contribution in [-0.2, 0) is 0 Å². The lowest BCUT2D eigenvalue weighted by Gasteiger charge is -2.02. The highest BCUT2D eigenvalue weighted by molar-refractivity contribution is 6.36. The molecule has 0 amide bonds. The van der Waals surface area contributed by atoms with Crippen LogP contribution in [0.1, 0.15) is 27.8 Å². The number of Topliss-reactive ketones (excluding diaryl/α,β-unsaturated/α-hetero) is 1. The quantitative estimate of drug-likeness (QED) is 0.435. The summed E-state index contributed by atoms with van der Waals surface area (Å²) in [6.07, 6.45) is 0.453. The molecule has 0 spiro atoms. The van der Waals surface area contributed by atoms with Gasteiger partial charge in [0.2, 0.25) is 0 Å². The maximum atomic E-state index is 11.0. The largest absolute Gasteiger partial charge is 0.296 e. The van der Waals surface area contributed by atoms with Gasteiger partial charge in [0.1, 0.15) is 10.8 Å². The van der Waals surface area contributed by atoms with Gasteiger partial charge in [-0.25, -0.2) is 4.98 Å². The van der Waals surface area contributed by atoms with Crippen molar-refractivity contribution in [1.82, 2.24) is 4.98 Å². The van der Waals surface area contributed by atoms with Crippen LogP contribution in [0, 0.1) is 0 Å². The number of carbonyl (C=O) groups is 2. The molecule has 0 saturated heterocycles. The maximum Gasteiger partial charge on any atom is 0.169 e. The average molecular weight is 218 g/mol. The molecular formula is C8H5Cl2NO2. The molecule has 1 aromatic heterocycles. The van der Waals surface area contributed by atoms with Crippen LogP contribution in [0.2, 0.25) is 10.2 Å². The van der Waals surface area contributed by atoms with Gasteiger partial charge in [0, 0.05) is 0 Å². The van der Waals surface area contributed by atoms with E-state index in [2.05, 4.69) is 4.98 Å². The van der Waals surface area contributed by atoms with E-state index in [-0.39, 0.29) is 27.2 Å². The average Bonchev–Trinajstić information content (AvgIpc) is 2.01. The molecule has 5 heteroatoms. The zero-order chi connectivity index (χ0) is 10.0. The van der Waals surface area contributed by atoms with Crippen molar-refractivity contribution in [1.29, 1.82) is 0 Å². The molecule has 0 atom stereocenters. The molecule has 3 nitrogen and oxygen atoms in total. The molecule has 0 aliphatic carbocycles. The van der Waals surface area contributed by atoms with Crippen LogP contribution in [0.4, 0.5) is 0 Å². The van der Waals surface area contributed by atoms with Crippen molar-refractivity contribution >= 4 is 35.3 Å². The summed E-state index contributed by atoms with van der Waals surface area (Å²) in [7, 11) is 0. The Labute approximate surface area is 84.7 Å². The summed E-state index contributed by atoms with van der Waals surface area (Å²) in [5.41, 5.74) is 0.0890. The van der Waals surface area contributed by atoms with E-state index in [1.807, 2.05) is 0 Å². The van der Waals surface area contributed by atoms with Crippen molar-refractivity contribution < 1.29 is 9.59 Å². The number of nitrogens with zero attached hydrogens (tertiary/aromatic N) is 1. The van der Waals surface area contributed by atoms with Gasteiger partial charge in [-0.3, -0.25) is 9.59 Å². The van der Waals surface area contributed by atoms with Crippen LogP contribution in [0.25, 0.3) is 0 Å². The van der Waals surface area contributed by atoms with Crippen LogP contribution in [0.5, 0.6) is 0 Å². The van der Waals surface area contributed by atoms with E-state index in [0.717, 1.165) is 0 Å². The van der Waals surface area contributed by atoms with Gasteiger partial charge in [0.25, 0.3) is 0 Å². The van der Waals surface area contributed by atoms with Gasteiger partial charge in [-0.2, -0.15) is 0 Å². The molecule has 0 aliphatic rings. The predicted octanol–water partition coefficient (Wildman–Crippen LogP) is 2.40. The second-order valence-electron chi connectivity index (χ2n) is 2.36. The standard InChI is InChI=1S/C8H5Cl2NO2/c1-4(13)8-5(9)2-7(10)11-6(8)3-12/h2-3H,1H3. The van der Waals surface area contributed by atoms with Crippen molar-refractivity contribution in [2.24, 2.45) is 0 Å². The summed E-state index contributed by atoms with van der Waals surface area (Å²) in [4.78, 5) is 25.2. The van der Waals surface area contributed by atoms with Crippen molar-refractivity contribution in [3.05, 3.63) is 27.5 Å². The Balaban J connectivity index is 3.47. The Morgan fingerprint density at radius 2 is 2.15 bits per heavy atom. The van der Waals surface area contributed by atoms with Crippen molar-refractivity contribution in [2.45, 2.75) is 6.92 Å². The molecule has 0 radical (unpaired) electrons. The third kappa shape index (κ3) is 2.05. The topological polar surface area (TPSA) is 47.0 Å². The number of rotatable bonds is 2. The molecule has 0 N–H and O–H groups in total. The summed E-state index contributed by atoms with van der Waals surface area (Å²) >= 11 is 11.2. The number of hydrogen-bond acceptors (Lipinski definition) is 3. The third-order valence-corrected chi connectivity index (χ3v) is 1.92. The molecule has 1 rings (SSSR count). The lowest BCUT2D eigenvalue weighted by Crippen LogP contribution is -2.02. The molecule has 1 heterocycles. The summed E-state index contributed by atoms with van der Waals surface area (Å²) < 4.78 is 0. The first-order chi connectivity index (χ1) is 6.06. The molecule has 0 aromatic carbocycles. The fraction of sp³-hybridized carbons (Fsp3) is 0.125. The number of ketones is 1. The minimum atomic E-state index is -0.309. The van der Waals surface area contributed by atoms with Gasteiger partial charge in [-0.05, 0) is 13.0 Å². The zero-order valence-electron chi connectivity index (χ0n) is 6.67. The normalized spacial score (nSPS) is 9.77. The fourth-order valence-electron chi connectivity index (χ4n) is 0.936. The minimum Gasteiger partial charge on any atom is -0.296 e. The Morgan fingerprint density at radius 3 is 2.62 bits per heavy atom. The second kappa shape index (κ2) is 3.85. The van der Waals surface area contributed by atoms with E-state index in [4.69, 9.17) is 23.2 Å². The maximum absolute atomic E-state index is 11.0. The molecule has 1 aromatic rings. The molecule has 0 unspecified atom stereocenters.